The minimum atomic E-state index is -2.73. The zero-order valence-electron chi connectivity index (χ0n) is 24.0. The quantitative estimate of drug-likeness (QED) is 0.172. The summed E-state index contributed by atoms with van der Waals surface area (Å²) in [5, 5.41) is 20.8. The van der Waals surface area contributed by atoms with Gasteiger partial charge in [0.2, 0.25) is 5.91 Å². The highest BCUT2D eigenvalue weighted by atomic mass is 35.5. The van der Waals surface area contributed by atoms with Crippen LogP contribution in [-0.4, -0.2) is 14.4 Å². The molecular weight excluding hydrogens is 645 g/mol. The predicted octanol–water partition coefficient (Wildman–Crippen LogP) is 8.79. The first kappa shape index (κ1) is 31.5. The van der Waals surface area contributed by atoms with Gasteiger partial charge in [0.1, 0.15) is 22.9 Å². The van der Waals surface area contributed by atoms with Crippen LogP contribution in [0, 0.1) is 28.5 Å². The smallest absolute Gasteiger partial charge is 0.263 e. The number of rotatable bonds is 7. The van der Waals surface area contributed by atoms with Crippen LogP contribution >= 0.6 is 11.6 Å². The second kappa shape index (κ2) is 12.7. The highest BCUT2D eigenvalue weighted by Crippen LogP contribution is 2.46. The fourth-order valence-corrected chi connectivity index (χ4v) is 7.07. The van der Waals surface area contributed by atoms with Crippen molar-refractivity contribution in [2.75, 3.05) is 0 Å². The van der Waals surface area contributed by atoms with E-state index in [4.69, 9.17) is 17.3 Å². The zero-order valence-corrected chi connectivity index (χ0v) is 25.6. The summed E-state index contributed by atoms with van der Waals surface area (Å²) in [5.41, 5.74) is 8.29. The standard InChI is InChI=1S/C36H20ClF3N4O2S/c37-30-16-23(36(43)45)9-13-28(30)21-3-1-4-22(15-21)34-33(32-24(18-41)5-2-6-25(32)19-42)29-17-26(38)10-14-31(29)44(34)47(46)27-11-7-20(8-12-27)35(39)40/h1-17,35H,(H2,43,45). The maximum Gasteiger partial charge on any atom is 0.263 e. The Kier molecular flexibility index (Phi) is 8.50. The summed E-state index contributed by atoms with van der Waals surface area (Å²) in [7, 11) is 0. The van der Waals surface area contributed by atoms with E-state index in [1.54, 1.807) is 36.4 Å². The molecule has 6 nitrogen and oxygen atoms in total. The van der Waals surface area contributed by atoms with Gasteiger partial charge in [0.05, 0.1) is 28.8 Å². The molecule has 1 aromatic heterocycles. The maximum absolute atomic E-state index is 15.0. The number of benzene rings is 5. The van der Waals surface area contributed by atoms with Crippen LogP contribution < -0.4 is 5.73 Å². The molecule has 1 unspecified atom stereocenters. The third-order valence-electron chi connectivity index (χ3n) is 7.64. The van der Waals surface area contributed by atoms with Crippen molar-refractivity contribution in [3.05, 3.63) is 136 Å². The Balaban J connectivity index is 1.71. The highest BCUT2D eigenvalue weighted by molar-refractivity contribution is 7.90. The van der Waals surface area contributed by atoms with Crippen molar-refractivity contribution in [3.8, 4) is 45.6 Å². The largest absolute Gasteiger partial charge is 0.587 e. The van der Waals surface area contributed by atoms with Crippen LogP contribution in [0.15, 0.2) is 108 Å². The van der Waals surface area contributed by atoms with E-state index in [-0.39, 0.29) is 54.4 Å². The molecule has 230 valence electrons. The second-order valence-electron chi connectivity index (χ2n) is 10.4. The van der Waals surface area contributed by atoms with Crippen LogP contribution in [0.2, 0.25) is 5.02 Å². The van der Waals surface area contributed by atoms with E-state index in [9.17, 15) is 33.0 Å². The number of carbonyl (C=O) groups excluding carboxylic acids is 1. The molecule has 0 aliphatic rings. The average molecular weight is 665 g/mol. The molecule has 0 spiro atoms. The molecule has 47 heavy (non-hydrogen) atoms. The van der Waals surface area contributed by atoms with Crippen molar-refractivity contribution in [2.24, 2.45) is 5.73 Å². The summed E-state index contributed by atoms with van der Waals surface area (Å²) in [6.07, 6.45) is -2.73. The number of alkyl halides is 2. The van der Waals surface area contributed by atoms with Gasteiger partial charge in [0, 0.05) is 43.8 Å². The molecule has 1 heterocycles. The lowest BCUT2D eigenvalue weighted by Crippen LogP contribution is -2.14. The molecule has 5 aromatic carbocycles. The van der Waals surface area contributed by atoms with Crippen LogP contribution in [-0.2, 0) is 11.4 Å². The minimum Gasteiger partial charge on any atom is -0.587 e. The molecule has 6 rings (SSSR count). The first-order valence-corrected chi connectivity index (χ1v) is 15.4. The summed E-state index contributed by atoms with van der Waals surface area (Å²) in [5.74, 6) is -1.26. The van der Waals surface area contributed by atoms with E-state index in [0.29, 0.717) is 22.2 Å². The summed E-state index contributed by atoms with van der Waals surface area (Å²) in [6, 6.07) is 29.3. The van der Waals surface area contributed by atoms with E-state index in [0.717, 1.165) is 0 Å². The van der Waals surface area contributed by atoms with E-state index >= 15 is 0 Å². The van der Waals surface area contributed by atoms with Crippen molar-refractivity contribution >= 4 is 39.8 Å². The molecule has 1 amide bonds. The molecule has 2 N–H and O–H groups in total. The lowest BCUT2D eigenvalue weighted by molar-refractivity contribution is 0.1000. The van der Waals surface area contributed by atoms with Gasteiger partial charge in [-0.2, -0.15) is 14.5 Å². The van der Waals surface area contributed by atoms with Crippen molar-refractivity contribution in [2.45, 2.75) is 11.3 Å². The number of nitrogens with two attached hydrogens (primary N) is 1. The number of amides is 1. The number of halogens is 4. The highest BCUT2D eigenvalue weighted by Gasteiger charge is 2.31. The SMILES string of the molecule is N#Cc1cccc(C#N)c1-c1c(-c2cccc(-c3ccc(C(N)=O)cc3Cl)c2)n([S+]([O-])c2ccc(C(F)F)cc2)c2ccc(F)cc12. The van der Waals surface area contributed by atoms with Gasteiger partial charge in [-0.25, -0.2) is 13.2 Å². The van der Waals surface area contributed by atoms with Crippen LogP contribution in [0.1, 0.15) is 33.5 Å². The Bertz CT molecular complexity index is 2260. The van der Waals surface area contributed by atoms with Crippen LogP contribution in [0.25, 0.3) is 44.4 Å². The van der Waals surface area contributed by atoms with Gasteiger partial charge in [0.25, 0.3) is 6.43 Å². The first-order chi connectivity index (χ1) is 22.6. The summed E-state index contributed by atoms with van der Waals surface area (Å²) < 4.78 is 57.6. The molecule has 0 fully saturated rings. The number of hydrogen-bond acceptors (Lipinski definition) is 4. The topological polar surface area (TPSA) is 119 Å². The van der Waals surface area contributed by atoms with Gasteiger partial charge in [-0.3, -0.25) is 4.79 Å². The molecule has 0 aliphatic carbocycles. The third kappa shape index (κ3) is 5.71. The fraction of sp³-hybridized carbons (Fsp3) is 0.0278. The van der Waals surface area contributed by atoms with Gasteiger partial charge in [0.15, 0.2) is 4.90 Å². The van der Waals surface area contributed by atoms with Crippen molar-refractivity contribution in [1.82, 2.24) is 3.97 Å². The summed E-state index contributed by atoms with van der Waals surface area (Å²) in [4.78, 5) is 11.9. The Morgan fingerprint density at radius 3 is 2.13 bits per heavy atom. The van der Waals surface area contributed by atoms with Gasteiger partial charge < -0.3 is 10.3 Å². The molecule has 6 aromatic rings. The number of nitrogens with zero attached hydrogens (tertiary/aromatic N) is 3. The molecular formula is C36H20ClF3N4O2S. The van der Waals surface area contributed by atoms with Crippen LogP contribution in [0.4, 0.5) is 13.2 Å². The van der Waals surface area contributed by atoms with Gasteiger partial charge in [-0.15, -0.1) is 0 Å². The maximum atomic E-state index is 15.0. The lowest BCUT2D eigenvalue weighted by atomic mass is 9.90. The lowest BCUT2D eigenvalue weighted by Gasteiger charge is -2.17. The molecule has 11 heteroatoms. The van der Waals surface area contributed by atoms with E-state index in [1.807, 2.05) is 0 Å². The van der Waals surface area contributed by atoms with Gasteiger partial charge in [-0.1, -0.05) is 41.9 Å². The molecule has 0 bridgehead atoms. The molecule has 0 saturated heterocycles. The number of nitriles is 2. The monoisotopic (exact) mass is 664 g/mol. The minimum absolute atomic E-state index is 0.127. The number of carbonyl (C=O) groups is 1. The number of aromatic nitrogens is 1. The number of hydrogen-bond donors (Lipinski definition) is 1. The molecule has 0 saturated carbocycles. The third-order valence-corrected chi connectivity index (χ3v) is 9.34. The normalized spacial score (nSPS) is 11.7. The van der Waals surface area contributed by atoms with Crippen LogP contribution in [0.5, 0.6) is 0 Å². The molecule has 0 radical (unpaired) electrons. The van der Waals surface area contributed by atoms with E-state index in [1.165, 1.54) is 70.7 Å². The number of primary amides is 1. The van der Waals surface area contributed by atoms with Crippen molar-refractivity contribution in [1.29, 1.82) is 10.5 Å². The second-order valence-corrected chi connectivity index (χ2v) is 12.1. The fourth-order valence-electron chi connectivity index (χ4n) is 5.50. The van der Waals surface area contributed by atoms with Crippen LogP contribution in [0.3, 0.4) is 0 Å². The first-order valence-electron chi connectivity index (χ1n) is 13.9. The van der Waals surface area contributed by atoms with Crippen molar-refractivity contribution in [3.63, 3.8) is 0 Å². The Hall–Kier alpha value is -5.52. The van der Waals surface area contributed by atoms with Gasteiger partial charge in [-0.05, 0) is 78.4 Å². The summed E-state index contributed by atoms with van der Waals surface area (Å²) >= 11 is 4.47. The van der Waals surface area contributed by atoms with Crippen molar-refractivity contribution < 1.29 is 22.5 Å². The van der Waals surface area contributed by atoms with E-state index in [2.05, 4.69) is 12.1 Å². The Morgan fingerprint density at radius 1 is 0.851 bits per heavy atom. The van der Waals surface area contributed by atoms with Gasteiger partial charge >= 0.3 is 0 Å². The summed E-state index contributed by atoms with van der Waals surface area (Å²) in [6.45, 7) is 0. The Morgan fingerprint density at radius 2 is 1.51 bits per heavy atom. The zero-order chi connectivity index (χ0) is 33.4. The predicted molar refractivity (Wildman–Crippen MR) is 174 cm³/mol. The molecule has 0 aliphatic heterocycles. The molecule has 1 atom stereocenters. The average Bonchev–Trinajstić information content (AvgIpc) is 3.41. The van der Waals surface area contributed by atoms with E-state index < -0.39 is 29.5 Å². The number of fused-ring (bicyclic) bond motifs is 1. The Labute approximate surface area is 275 Å².